The Morgan fingerprint density at radius 3 is 2.60 bits per heavy atom. The Balaban J connectivity index is 1.85. The van der Waals surface area contributed by atoms with E-state index in [0.29, 0.717) is 5.92 Å². The van der Waals surface area contributed by atoms with Crippen LogP contribution in [-0.4, -0.2) is 13.1 Å². The van der Waals surface area contributed by atoms with Crippen molar-refractivity contribution in [1.29, 1.82) is 0 Å². The zero-order chi connectivity index (χ0) is 13.5. The van der Waals surface area contributed by atoms with Crippen molar-refractivity contribution < 1.29 is 0 Å². The van der Waals surface area contributed by atoms with Gasteiger partial charge in [0, 0.05) is 5.69 Å². The average Bonchev–Trinajstić information content (AvgIpc) is 2.86. The number of hydrogen-bond donors (Lipinski definition) is 2. The molecule has 3 N–H and O–H groups in total. The molecule has 2 aromatic carbocycles. The molecule has 1 aliphatic carbocycles. The van der Waals surface area contributed by atoms with Gasteiger partial charge in [-0.1, -0.05) is 30.3 Å². The van der Waals surface area contributed by atoms with Crippen LogP contribution in [0.25, 0.3) is 11.1 Å². The highest BCUT2D eigenvalue weighted by Gasteiger charge is 2.27. The first-order chi connectivity index (χ1) is 9.84. The van der Waals surface area contributed by atoms with Gasteiger partial charge in [0.1, 0.15) is 0 Å². The second-order valence-corrected chi connectivity index (χ2v) is 5.95. The van der Waals surface area contributed by atoms with Crippen molar-refractivity contribution in [3.8, 4) is 11.1 Å². The predicted octanol–water partition coefficient (Wildman–Crippen LogP) is 3.31. The van der Waals surface area contributed by atoms with Gasteiger partial charge in [0.05, 0.1) is 0 Å². The molecule has 20 heavy (non-hydrogen) atoms. The van der Waals surface area contributed by atoms with Gasteiger partial charge in [-0.2, -0.15) is 0 Å². The quantitative estimate of drug-likeness (QED) is 0.662. The number of rotatable bonds is 1. The third-order valence-corrected chi connectivity index (χ3v) is 4.81. The number of benzene rings is 2. The van der Waals surface area contributed by atoms with E-state index in [9.17, 15) is 0 Å². The number of hydrogen-bond acceptors (Lipinski definition) is 2. The first-order valence-electron chi connectivity index (χ1n) is 7.55. The molecule has 2 heteroatoms. The van der Waals surface area contributed by atoms with E-state index in [0.717, 1.165) is 25.2 Å². The Morgan fingerprint density at radius 1 is 0.950 bits per heavy atom. The molecule has 1 saturated heterocycles. The second-order valence-electron chi connectivity index (χ2n) is 5.95. The van der Waals surface area contributed by atoms with Crippen LogP contribution >= 0.6 is 0 Å². The van der Waals surface area contributed by atoms with E-state index in [1.54, 1.807) is 0 Å². The van der Waals surface area contributed by atoms with Crippen LogP contribution in [0.1, 0.15) is 35.4 Å². The van der Waals surface area contributed by atoms with Gasteiger partial charge >= 0.3 is 0 Å². The number of nitrogens with two attached hydrogens (primary N) is 1. The molecule has 0 saturated carbocycles. The minimum atomic E-state index is 0.625. The summed E-state index contributed by atoms with van der Waals surface area (Å²) in [4.78, 5) is 0. The zero-order valence-corrected chi connectivity index (χ0v) is 11.7. The summed E-state index contributed by atoms with van der Waals surface area (Å²) in [6.07, 6.45) is 3.46. The summed E-state index contributed by atoms with van der Waals surface area (Å²) in [6, 6.07) is 13.1. The van der Waals surface area contributed by atoms with E-state index >= 15 is 0 Å². The summed E-state index contributed by atoms with van der Waals surface area (Å²) < 4.78 is 0. The smallest absolute Gasteiger partial charge is 0.0352 e. The molecule has 0 unspecified atom stereocenters. The maximum Gasteiger partial charge on any atom is 0.0352 e. The van der Waals surface area contributed by atoms with Crippen LogP contribution in [0.4, 0.5) is 5.69 Å². The van der Waals surface area contributed by atoms with Crippen molar-refractivity contribution in [2.45, 2.75) is 25.2 Å². The molecule has 0 atom stereocenters. The van der Waals surface area contributed by atoms with E-state index in [2.05, 4.69) is 41.7 Å². The highest BCUT2D eigenvalue weighted by atomic mass is 14.9. The van der Waals surface area contributed by atoms with Crippen LogP contribution in [0.15, 0.2) is 36.4 Å². The summed E-state index contributed by atoms with van der Waals surface area (Å²) in [5.41, 5.74) is 14.5. The Bertz CT molecular complexity index is 654. The van der Waals surface area contributed by atoms with Crippen molar-refractivity contribution in [2.75, 3.05) is 18.8 Å². The fourth-order valence-corrected chi connectivity index (χ4v) is 3.85. The molecule has 0 radical (unpaired) electrons. The van der Waals surface area contributed by atoms with E-state index in [1.165, 1.54) is 40.7 Å². The lowest BCUT2D eigenvalue weighted by Crippen LogP contribution is -2.27. The third-order valence-electron chi connectivity index (χ3n) is 4.81. The molecular formula is C18H20N2. The van der Waals surface area contributed by atoms with Crippen molar-refractivity contribution >= 4 is 5.69 Å². The average molecular weight is 264 g/mol. The van der Waals surface area contributed by atoms with Gasteiger partial charge in [-0.05, 0) is 72.2 Å². The lowest BCUT2D eigenvalue weighted by atomic mass is 9.84. The molecule has 0 spiro atoms. The minimum Gasteiger partial charge on any atom is -0.398 e. The maximum atomic E-state index is 6.34. The number of nitrogen functional groups attached to an aromatic ring is 1. The zero-order valence-electron chi connectivity index (χ0n) is 11.7. The molecular weight excluding hydrogens is 244 g/mol. The van der Waals surface area contributed by atoms with Crippen molar-refractivity contribution in [3.05, 3.63) is 53.1 Å². The summed E-state index contributed by atoms with van der Waals surface area (Å²) in [7, 11) is 0. The third kappa shape index (κ3) is 1.75. The fraction of sp³-hybridized carbons (Fsp3) is 0.333. The van der Waals surface area contributed by atoms with E-state index in [4.69, 9.17) is 5.73 Å². The van der Waals surface area contributed by atoms with Gasteiger partial charge in [-0.3, -0.25) is 0 Å². The standard InChI is InChI=1S/C18H20N2/c19-17-6-5-15-14-4-2-1-3-13(14)11-16(15)18(17)12-7-9-20-10-8-12/h1-6,12,20H,7-11,19H2. The van der Waals surface area contributed by atoms with Crippen LogP contribution in [0.5, 0.6) is 0 Å². The van der Waals surface area contributed by atoms with Gasteiger partial charge in [0.25, 0.3) is 0 Å². The van der Waals surface area contributed by atoms with Gasteiger partial charge < -0.3 is 11.1 Å². The van der Waals surface area contributed by atoms with E-state index in [1.807, 2.05) is 0 Å². The predicted molar refractivity (Wildman–Crippen MR) is 83.9 cm³/mol. The first kappa shape index (κ1) is 12.0. The topological polar surface area (TPSA) is 38.0 Å². The molecule has 2 aromatic rings. The SMILES string of the molecule is Nc1ccc2c(c1C1CCNCC1)Cc1ccccc1-2. The lowest BCUT2D eigenvalue weighted by Gasteiger charge is -2.26. The number of nitrogens with one attached hydrogen (secondary N) is 1. The maximum absolute atomic E-state index is 6.34. The molecule has 102 valence electrons. The molecule has 2 nitrogen and oxygen atoms in total. The van der Waals surface area contributed by atoms with Crippen LogP contribution in [0, 0.1) is 0 Å². The molecule has 1 heterocycles. The molecule has 1 aliphatic heterocycles. The summed E-state index contributed by atoms with van der Waals surface area (Å²) in [5.74, 6) is 0.625. The van der Waals surface area contributed by atoms with Crippen molar-refractivity contribution in [2.24, 2.45) is 0 Å². The van der Waals surface area contributed by atoms with Gasteiger partial charge in [-0.15, -0.1) is 0 Å². The van der Waals surface area contributed by atoms with Crippen molar-refractivity contribution in [3.63, 3.8) is 0 Å². The Morgan fingerprint density at radius 2 is 1.75 bits per heavy atom. The second kappa shape index (κ2) is 4.64. The van der Waals surface area contributed by atoms with Crippen LogP contribution in [0.2, 0.25) is 0 Å². The van der Waals surface area contributed by atoms with Gasteiger partial charge in [-0.25, -0.2) is 0 Å². The Kier molecular flexibility index (Phi) is 2.78. The highest BCUT2D eigenvalue weighted by Crippen LogP contribution is 2.44. The first-order valence-corrected chi connectivity index (χ1v) is 7.55. The van der Waals surface area contributed by atoms with Gasteiger partial charge in [0.2, 0.25) is 0 Å². The molecule has 4 rings (SSSR count). The van der Waals surface area contributed by atoms with Crippen LogP contribution in [0.3, 0.4) is 0 Å². The Hall–Kier alpha value is -1.80. The monoisotopic (exact) mass is 264 g/mol. The van der Waals surface area contributed by atoms with E-state index < -0.39 is 0 Å². The highest BCUT2D eigenvalue weighted by molar-refractivity contribution is 5.80. The normalized spacial score (nSPS) is 17.8. The van der Waals surface area contributed by atoms with Crippen molar-refractivity contribution in [1.82, 2.24) is 5.32 Å². The molecule has 2 aliphatic rings. The van der Waals surface area contributed by atoms with Crippen LogP contribution < -0.4 is 11.1 Å². The summed E-state index contributed by atoms with van der Waals surface area (Å²) in [6.45, 7) is 2.22. The minimum absolute atomic E-state index is 0.625. The Labute approximate surface area is 120 Å². The number of fused-ring (bicyclic) bond motifs is 3. The fourth-order valence-electron chi connectivity index (χ4n) is 3.85. The van der Waals surface area contributed by atoms with E-state index in [-0.39, 0.29) is 0 Å². The molecule has 0 aromatic heterocycles. The number of piperidine rings is 1. The summed E-state index contributed by atoms with van der Waals surface area (Å²) >= 11 is 0. The lowest BCUT2D eigenvalue weighted by molar-refractivity contribution is 0.460. The molecule has 0 bridgehead atoms. The molecule has 1 fully saturated rings. The molecule has 0 amide bonds. The van der Waals surface area contributed by atoms with Gasteiger partial charge in [0.15, 0.2) is 0 Å². The number of anilines is 1. The summed E-state index contributed by atoms with van der Waals surface area (Å²) in [5, 5.41) is 3.45. The largest absolute Gasteiger partial charge is 0.398 e. The van der Waals surface area contributed by atoms with Crippen LogP contribution in [-0.2, 0) is 6.42 Å².